The van der Waals surface area contributed by atoms with Crippen molar-refractivity contribution in [1.82, 2.24) is 9.80 Å². The average Bonchev–Trinajstić information content (AvgIpc) is 2.91. The minimum absolute atomic E-state index is 0.0523. The number of nitrogens with zero attached hydrogens (tertiary/aromatic N) is 2. The number of aromatic hydroxyl groups is 1. The molecule has 3 rings (SSSR count). The van der Waals surface area contributed by atoms with E-state index in [9.17, 15) is 5.11 Å². The molecule has 0 saturated carbocycles. The first-order chi connectivity index (χ1) is 19.5. The van der Waals surface area contributed by atoms with Crippen molar-refractivity contribution < 1.29 is 9.84 Å². The molecular formula is C33H52Cl3N3O2. The lowest BCUT2D eigenvalue weighted by Gasteiger charge is -2.46. The Kier molecular flexibility index (Phi) is 16.2. The molecule has 2 unspecified atom stereocenters. The van der Waals surface area contributed by atoms with Crippen LogP contribution in [-0.2, 0) is 0 Å². The average molecular weight is 629 g/mol. The quantitative estimate of drug-likeness (QED) is 0.218. The monoisotopic (exact) mass is 627 g/mol. The van der Waals surface area contributed by atoms with Crippen molar-refractivity contribution in [2.75, 3.05) is 32.8 Å². The summed E-state index contributed by atoms with van der Waals surface area (Å²) >= 11 is 17.4. The molecule has 3 N–H and O–H groups in total. The molecule has 1 aliphatic rings. The second kappa shape index (κ2) is 18.5. The number of ether oxygens (including phenoxy) is 1. The topological polar surface area (TPSA) is 62.0 Å². The predicted molar refractivity (Wildman–Crippen MR) is 177 cm³/mol. The van der Waals surface area contributed by atoms with Gasteiger partial charge < -0.3 is 15.6 Å². The van der Waals surface area contributed by atoms with Crippen LogP contribution in [0.5, 0.6) is 17.2 Å². The van der Waals surface area contributed by atoms with Crippen LogP contribution in [0.4, 0.5) is 0 Å². The van der Waals surface area contributed by atoms with Gasteiger partial charge in [-0.3, -0.25) is 9.80 Å². The molecule has 1 heterocycles. The minimum atomic E-state index is -0.0651. The summed E-state index contributed by atoms with van der Waals surface area (Å²) in [6.45, 7) is 17.2. The van der Waals surface area contributed by atoms with Gasteiger partial charge in [0.2, 0.25) is 0 Å². The molecule has 2 atom stereocenters. The maximum Gasteiger partial charge on any atom is 0.169 e. The van der Waals surface area contributed by atoms with E-state index in [0.717, 1.165) is 31.6 Å². The van der Waals surface area contributed by atoms with Gasteiger partial charge >= 0.3 is 0 Å². The first kappa shape index (κ1) is 36.0. The number of phenolic OH excluding ortho intramolecular Hbond substituents is 1. The summed E-state index contributed by atoms with van der Waals surface area (Å²) in [7, 11) is 0. The molecule has 41 heavy (non-hydrogen) atoms. The largest absolute Gasteiger partial charge is 0.504 e. The lowest BCUT2D eigenvalue weighted by atomic mass is 9.94. The fraction of sp³-hybridized carbons (Fsp3) is 0.636. The summed E-state index contributed by atoms with van der Waals surface area (Å²) in [5, 5.41) is 10.9. The maximum absolute atomic E-state index is 9.62. The Hall–Kier alpha value is -1.21. The summed E-state index contributed by atoms with van der Waals surface area (Å²) in [5.74, 6) is 2.31. The van der Waals surface area contributed by atoms with Crippen LogP contribution in [0.1, 0.15) is 86.0 Å². The van der Waals surface area contributed by atoms with Gasteiger partial charge in [0.05, 0.1) is 11.7 Å². The smallest absolute Gasteiger partial charge is 0.169 e. The van der Waals surface area contributed by atoms with Crippen LogP contribution in [0.15, 0.2) is 36.4 Å². The third kappa shape index (κ3) is 13.3. The molecule has 2 aromatic rings. The van der Waals surface area contributed by atoms with E-state index < -0.39 is 0 Å². The van der Waals surface area contributed by atoms with Crippen molar-refractivity contribution in [3.8, 4) is 17.2 Å². The Morgan fingerprint density at radius 1 is 0.829 bits per heavy atom. The molecule has 1 aliphatic heterocycles. The highest BCUT2D eigenvalue weighted by Gasteiger charge is 2.33. The minimum Gasteiger partial charge on any atom is -0.504 e. The van der Waals surface area contributed by atoms with Crippen molar-refractivity contribution in [3.05, 3.63) is 51.5 Å². The number of phenols is 1. The van der Waals surface area contributed by atoms with E-state index in [1.54, 1.807) is 30.3 Å². The van der Waals surface area contributed by atoms with Crippen LogP contribution < -0.4 is 10.5 Å². The normalized spacial score (nSPS) is 19.3. The lowest BCUT2D eigenvalue weighted by molar-refractivity contribution is 0.0182. The van der Waals surface area contributed by atoms with E-state index in [1.807, 2.05) is 0 Å². The van der Waals surface area contributed by atoms with Crippen molar-refractivity contribution >= 4 is 34.8 Å². The van der Waals surface area contributed by atoms with Gasteiger partial charge in [0.15, 0.2) is 11.5 Å². The molecule has 0 spiro atoms. The molecule has 1 fully saturated rings. The highest BCUT2D eigenvalue weighted by molar-refractivity contribution is 6.35. The van der Waals surface area contributed by atoms with Gasteiger partial charge in [-0.05, 0) is 61.9 Å². The summed E-state index contributed by atoms with van der Waals surface area (Å²) in [6.07, 6.45) is 10.7. The van der Waals surface area contributed by atoms with E-state index >= 15 is 0 Å². The highest BCUT2D eigenvalue weighted by Crippen LogP contribution is 2.36. The second-order valence-electron chi connectivity index (χ2n) is 11.9. The van der Waals surface area contributed by atoms with Gasteiger partial charge in [0.1, 0.15) is 5.75 Å². The van der Waals surface area contributed by atoms with Gasteiger partial charge in [-0.2, -0.15) is 0 Å². The maximum atomic E-state index is 9.62. The van der Waals surface area contributed by atoms with E-state index in [-0.39, 0.29) is 17.0 Å². The number of hydrogen-bond acceptors (Lipinski definition) is 5. The highest BCUT2D eigenvalue weighted by atomic mass is 35.5. The SMILES string of the molecule is CCCCC(CC)CN1CN(CC(CC)CCCC)CC(C)(N)C1.Oc1cc(Cl)ccc1Oc1ccc(Cl)cc1Cl. The molecule has 0 aliphatic carbocycles. The third-order valence-corrected chi connectivity index (χ3v) is 8.49. The zero-order valence-electron chi connectivity index (χ0n) is 25.8. The molecule has 0 radical (unpaired) electrons. The second-order valence-corrected chi connectivity index (χ2v) is 13.2. The molecule has 0 amide bonds. The first-order valence-corrected chi connectivity index (χ1v) is 16.5. The Balaban J connectivity index is 0.000000303. The summed E-state index contributed by atoms with van der Waals surface area (Å²) < 4.78 is 5.45. The van der Waals surface area contributed by atoms with Gasteiger partial charge in [-0.15, -0.1) is 0 Å². The molecule has 232 valence electrons. The van der Waals surface area contributed by atoms with Crippen LogP contribution in [0.3, 0.4) is 0 Å². The summed E-state index contributed by atoms with van der Waals surface area (Å²) in [6, 6.07) is 9.39. The molecule has 5 nitrogen and oxygen atoms in total. The zero-order valence-corrected chi connectivity index (χ0v) is 28.0. The molecule has 0 bridgehead atoms. The molecular weight excluding hydrogens is 577 g/mol. The third-order valence-electron chi connectivity index (χ3n) is 7.72. The van der Waals surface area contributed by atoms with Gasteiger partial charge in [0.25, 0.3) is 0 Å². The number of benzene rings is 2. The van der Waals surface area contributed by atoms with E-state index in [4.69, 9.17) is 45.3 Å². The van der Waals surface area contributed by atoms with E-state index in [2.05, 4.69) is 44.4 Å². The number of nitrogens with two attached hydrogens (primary N) is 1. The fourth-order valence-corrected chi connectivity index (χ4v) is 6.13. The van der Waals surface area contributed by atoms with Crippen LogP contribution >= 0.6 is 34.8 Å². The van der Waals surface area contributed by atoms with Crippen molar-refractivity contribution in [3.63, 3.8) is 0 Å². The van der Waals surface area contributed by atoms with E-state index in [0.29, 0.717) is 20.8 Å². The standard InChI is InChI=1S/C21H45N3.C12H7Cl3O2/c1-6-10-12-19(8-3)14-23-16-21(5,22)17-24(18-23)15-20(9-4)13-11-7-2;13-7-1-3-11(9(15)5-7)17-12-4-2-8(14)6-10(12)16/h19-20H,6-18,22H2,1-5H3;1-6,16H. The Labute approximate surface area is 264 Å². The molecule has 8 heteroatoms. The first-order valence-electron chi connectivity index (χ1n) is 15.3. The number of hydrogen-bond donors (Lipinski definition) is 2. The number of halogens is 3. The number of unbranched alkanes of at least 4 members (excludes halogenated alkanes) is 2. The zero-order chi connectivity index (χ0) is 30.4. The van der Waals surface area contributed by atoms with Crippen LogP contribution in [0, 0.1) is 11.8 Å². The van der Waals surface area contributed by atoms with Gasteiger partial charge in [0, 0.05) is 47.8 Å². The van der Waals surface area contributed by atoms with Crippen LogP contribution in [0.2, 0.25) is 15.1 Å². The van der Waals surface area contributed by atoms with E-state index in [1.165, 1.54) is 70.5 Å². The predicted octanol–water partition coefficient (Wildman–Crippen LogP) is 9.86. The summed E-state index contributed by atoms with van der Waals surface area (Å²) in [4.78, 5) is 5.28. The molecule has 2 aromatic carbocycles. The number of rotatable bonds is 14. The Morgan fingerprint density at radius 2 is 1.32 bits per heavy atom. The van der Waals surface area contributed by atoms with Crippen molar-refractivity contribution in [2.24, 2.45) is 17.6 Å². The molecule has 0 aromatic heterocycles. The lowest BCUT2D eigenvalue weighted by Crippen LogP contribution is -2.63. The summed E-state index contributed by atoms with van der Waals surface area (Å²) in [5.41, 5.74) is 6.54. The molecule has 1 saturated heterocycles. The van der Waals surface area contributed by atoms with Crippen LogP contribution in [0.25, 0.3) is 0 Å². The fourth-order valence-electron chi connectivity index (χ4n) is 5.52. The van der Waals surface area contributed by atoms with Crippen LogP contribution in [-0.4, -0.2) is 53.3 Å². The Morgan fingerprint density at radius 3 is 1.76 bits per heavy atom. The van der Waals surface area contributed by atoms with Crippen molar-refractivity contribution in [2.45, 2.75) is 91.5 Å². The van der Waals surface area contributed by atoms with Gasteiger partial charge in [-0.1, -0.05) is 101 Å². The van der Waals surface area contributed by atoms with Gasteiger partial charge in [-0.25, -0.2) is 0 Å². The van der Waals surface area contributed by atoms with Crippen molar-refractivity contribution in [1.29, 1.82) is 0 Å². The Bertz CT molecular complexity index is 959.